The van der Waals surface area contributed by atoms with Crippen molar-refractivity contribution < 1.29 is 4.79 Å². The number of nitrogens with one attached hydrogen (secondary N) is 2. The van der Waals surface area contributed by atoms with Crippen LogP contribution in [0.1, 0.15) is 56.6 Å². The zero-order valence-electron chi connectivity index (χ0n) is 20.1. The van der Waals surface area contributed by atoms with E-state index in [4.69, 9.17) is 16.6 Å². The molecule has 1 aromatic carbocycles. The molecule has 1 aliphatic carbocycles. The van der Waals surface area contributed by atoms with E-state index in [0.29, 0.717) is 36.1 Å². The molecular weight excluding hydrogens is 448 g/mol. The van der Waals surface area contributed by atoms with Crippen LogP contribution in [0.25, 0.3) is 0 Å². The highest BCUT2D eigenvalue weighted by Crippen LogP contribution is 2.45. The van der Waals surface area contributed by atoms with Crippen molar-refractivity contribution in [1.82, 2.24) is 20.2 Å². The highest BCUT2D eigenvalue weighted by Gasteiger charge is 2.52. The second-order valence-corrected chi connectivity index (χ2v) is 10.5. The number of fused-ring (bicyclic) bond motifs is 2. The Morgan fingerprint density at radius 3 is 2.74 bits per heavy atom. The summed E-state index contributed by atoms with van der Waals surface area (Å²) in [6.07, 6.45) is 3.49. The molecule has 2 aliphatic heterocycles. The van der Waals surface area contributed by atoms with Gasteiger partial charge in [-0.05, 0) is 36.5 Å². The molecule has 1 saturated carbocycles. The number of aromatic nitrogens is 2. The predicted molar refractivity (Wildman–Crippen MR) is 136 cm³/mol. The summed E-state index contributed by atoms with van der Waals surface area (Å²) in [5.74, 6) is 2.15. The summed E-state index contributed by atoms with van der Waals surface area (Å²) in [5.41, 5.74) is 3.17. The third kappa shape index (κ3) is 4.39. The highest BCUT2D eigenvalue weighted by molar-refractivity contribution is 6.30. The van der Waals surface area contributed by atoms with Gasteiger partial charge in [0.15, 0.2) is 0 Å². The van der Waals surface area contributed by atoms with Crippen molar-refractivity contribution >= 4 is 29.1 Å². The van der Waals surface area contributed by atoms with Crippen molar-refractivity contribution in [3.63, 3.8) is 0 Å². The van der Waals surface area contributed by atoms with Gasteiger partial charge in [-0.25, -0.2) is 9.97 Å². The zero-order chi connectivity index (χ0) is 24.0. The van der Waals surface area contributed by atoms with Crippen molar-refractivity contribution in [2.24, 2.45) is 0 Å². The van der Waals surface area contributed by atoms with Crippen LogP contribution in [0.2, 0.25) is 5.02 Å². The Bertz CT molecular complexity index is 1090. The number of piperazine rings is 1. The molecule has 0 spiro atoms. The van der Waals surface area contributed by atoms with Gasteiger partial charge in [-0.1, -0.05) is 51.1 Å². The van der Waals surface area contributed by atoms with Crippen LogP contribution < -0.4 is 15.5 Å². The number of halogens is 1. The molecule has 7 nitrogen and oxygen atoms in total. The molecule has 1 amide bonds. The van der Waals surface area contributed by atoms with Gasteiger partial charge in [0.05, 0.1) is 18.0 Å². The molecular formula is C26H33ClN6O. The van der Waals surface area contributed by atoms with Crippen LogP contribution in [0.4, 0.5) is 11.6 Å². The maximum absolute atomic E-state index is 13.8. The number of allylic oxidation sites excluding steroid dienone is 1. The van der Waals surface area contributed by atoms with E-state index in [9.17, 15) is 4.79 Å². The number of hydrogen-bond donors (Lipinski definition) is 2. The third-order valence-corrected chi connectivity index (χ3v) is 7.42. The second kappa shape index (κ2) is 9.19. The van der Waals surface area contributed by atoms with Gasteiger partial charge >= 0.3 is 0 Å². The number of carbonyl (C=O) groups excluding carboxylic acids is 1. The summed E-state index contributed by atoms with van der Waals surface area (Å²) in [6.45, 7) is 12.6. The smallest absolute Gasteiger partial charge is 0.231 e. The summed E-state index contributed by atoms with van der Waals surface area (Å²) in [4.78, 5) is 27.4. The van der Waals surface area contributed by atoms with Gasteiger partial charge in [0.2, 0.25) is 5.91 Å². The Kier molecular flexibility index (Phi) is 6.25. The fourth-order valence-corrected chi connectivity index (χ4v) is 5.50. The first-order valence-corrected chi connectivity index (χ1v) is 12.6. The van der Waals surface area contributed by atoms with Gasteiger partial charge in [0.1, 0.15) is 18.0 Å². The molecule has 0 unspecified atom stereocenters. The molecule has 180 valence electrons. The van der Waals surface area contributed by atoms with Crippen LogP contribution in [-0.2, 0) is 4.79 Å². The minimum Gasteiger partial charge on any atom is -0.349 e. The Morgan fingerprint density at radius 1 is 1.24 bits per heavy atom. The van der Waals surface area contributed by atoms with Crippen LogP contribution in [0.3, 0.4) is 0 Å². The summed E-state index contributed by atoms with van der Waals surface area (Å²) >= 11 is 6.11. The van der Waals surface area contributed by atoms with E-state index < -0.39 is 0 Å². The maximum atomic E-state index is 13.8. The van der Waals surface area contributed by atoms with Gasteiger partial charge in [-0.15, -0.1) is 0 Å². The lowest BCUT2D eigenvalue weighted by molar-refractivity contribution is -0.133. The average Bonchev–Trinajstić information content (AvgIpc) is 3.60. The Hall–Kier alpha value is -2.64. The SMILES string of the molecule is C=C1C[C@@H](C)c2c(ncnc2N2CCN(C(=O)[C@H](CNC(C)C)c3ccc(Cl)cc3)[C@H]3C[C@H]32)N1. The lowest BCUT2D eigenvalue weighted by atomic mass is 9.93. The lowest BCUT2D eigenvalue weighted by Gasteiger charge is -2.38. The highest BCUT2D eigenvalue weighted by atomic mass is 35.5. The van der Waals surface area contributed by atoms with E-state index in [1.165, 1.54) is 5.56 Å². The van der Waals surface area contributed by atoms with Gasteiger partial charge < -0.3 is 20.4 Å². The number of rotatable bonds is 6. The van der Waals surface area contributed by atoms with Gasteiger partial charge in [0.25, 0.3) is 0 Å². The molecule has 2 aromatic rings. The molecule has 2 fully saturated rings. The number of amides is 1. The average molecular weight is 481 g/mol. The third-order valence-electron chi connectivity index (χ3n) is 7.17. The van der Waals surface area contributed by atoms with E-state index >= 15 is 0 Å². The second-order valence-electron chi connectivity index (χ2n) is 10.1. The first-order chi connectivity index (χ1) is 16.3. The first-order valence-electron chi connectivity index (χ1n) is 12.2. The fourth-order valence-electron chi connectivity index (χ4n) is 5.38. The minimum atomic E-state index is -0.227. The minimum absolute atomic E-state index is 0.193. The van der Waals surface area contributed by atoms with Crippen molar-refractivity contribution in [3.05, 3.63) is 59.0 Å². The van der Waals surface area contributed by atoms with Crippen LogP contribution in [0.5, 0.6) is 0 Å². The molecule has 3 aliphatic rings. The van der Waals surface area contributed by atoms with Crippen molar-refractivity contribution in [2.75, 3.05) is 29.9 Å². The summed E-state index contributed by atoms with van der Waals surface area (Å²) in [5, 5.41) is 7.48. The largest absolute Gasteiger partial charge is 0.349 e. The normalized spacial score (nSPS) is 24.4. The zero-order valence-corrected chi connectivity index (χ0v) is 20.8. The Labute approximate surface area is 206 Å². The first kappa shape index (κ1) is 23.1. The van der Waals surface area contributed by atoms with Crippen LogP contribution in [0.15, 0.2) is 42.9 Å². The molecule has 8 heteroatoms. The summed E-state index contributed by atoms with van der Waals surface area (Å²) < 4.78 is 0. The Balaban J connectivity index is 1.35. The molecule has 3 heterocycles. The molecule has 1 aromatic heterocycles. The lowest BCUT2D eigenvalue weighted by Crippen LogP contribution is -2.51. The quantitative estimate of drug-likeness (QED) is 0.647. The monoisotopic (exact) mass is 480 g/mol. The van der Waals surface area contributed by atoms with E-state index in [1.54, 1.807) is 6.33 Å². The van der Waals surface area contributed by atoms with Crippen LogP contribution in [-0.4, -0.2) is 58.5 Å². The van der Waals surface area contributed by atoms with Crippen molar-refractivity contribution in [2.45, 2.75) is 63.6 Å². The molecule has 2 N–H and O–H groups in total. The molecule has 4 atom stereocenters. The van der Waals surface area contributed by atoms with Crippen LogP contribution in [0, 0.1) is 0 Å². The standard InChI is InChI=1S/C26H33ClN6O/c1-15(2)28-13-20(18-5-7-19(27)8-6-18)26(34)33-10-9-32(21-12-22(21)33)25-23-16(3)11-17(4)31-24(23)29-14-30-25/h5-8,14-16,20-22,28H,4,9-13H2,1-3H3,(H,29,30,31)/t16-,20-,21-,22+/m1/s1. The van der Waals surface area contributed by atoms with E-state index in [-0.39, 0.29) is 17.9 Å². The van der Waals surface area contributed by atoms with Crippen molar-refractivity contribution in [1.29, 1.82) is 0 Å². The van der Waals surface area contributed by atoms with E-state index in [2.05, 4.69) is 52.8 Å². The molecule has 34 heavy (non-hydrogen) atoms. The maximum Gasteiger partial charge on any atom is 0.231 e. The van der Waals surface area contributed by atoms with Crippen LogP contribution >= 0.6 is 11.6 Å². The van der Waals surface area contributed by atoms with Gasteiger partial charge in [-0.2, -0.15) is 0 Å². The predicted octanol–water partition coefficient (Wildman–Crippen LogP) is 4.13. The molecule has 1 saturated heterocycles. The number of carbonyl (C=O) groups is 1. The van der Waals surface area contributed by atoms with Gasteiger partial charge in [0, 0.05) is 42.0 Å². The Morgan fingerprint density at radius 2 is 2.00 bits per heavy atom. The number of nitrogens with zero attached hydrogens (tertiary/aromatic N) is 4. The summed E-state index contributed by atoms with van der Waals surface area (Å²) in [6, 6.07) is 8.52. The molecule has 0 radical (unpaired) electrons. The molecule has 5 rings (SSSR count). The number of benzene rings is 1. The number of hydrogen-bond acceptors (Lipinski definition) is 6. The molecule has 0 bridgehead atoms. The summed E-state index contributed by atoms with van der Waals surface area (Å²) in [7, 11) is 0. The van der Waals surface area contributed by atoms with E-state index in [1.807, 2.05) is 24.3 Å². The number of anilines is 2. The van der Waals surface area contributed by atoms with Crippen molar-refractivity contribution in [3.8, 4) is 0 Å². The van der Waals surface area contributed by atoms with Gasteiger partial charge in [-0.3, -0.25) is 4.79 Å². The topological polar surface area (TPSA) is 73.4 Å². The fraction of sp³-hybridized carbons (Fsp3) is 0.500. The van der Waals surface area contributed by atoms with E-state index in [0.717, 1.165) is 42.3 Å².